The number of thiazole rings is 1. The minimum atomic E-state index is 0.327. The lowest BCUT2D eigenvalue weighted by atomic mass is 9.87. The molecular weight excluding hydrogens is 240 g/mol. The van der Waals surface area contributed by atoms with Crippen LogP contribution in [0.2, 0.25) is 5.15 Å². The Labute approximate surface area is 107 Å². The van der Waals surface area contributed by atoms with E-state index in [9.17, 15) is 0 Å². The van der Waals surface area contributed by atoms with Crippen LogP contribution in [0.3, 0.4) is 0 Å². The number of hydrogen-bond acceptors (Lipinski definition) is 3. The fraction of sp³-hybridized carbons (Fsp3) is 0.750. The zero-order valence-electron chi connectivity index (χ0n) is 10.3. The fourth-order valence-corrected chi connectivity index (χ4v) is 2.43. The Morgan fingerprint density at radius 2 is 2.19 bits per heavy atom. The van der Waals surface area contributed by atoms with Gasteiger partial charge in [-0.1, -0.05) is 51.6 Å². The van der Waals surface area contributed by atoms with E-state index >= 15 is 0 Å². The topological polar surface area (TPSA) is 24.9 Å². The molecule has 0 aliphatic rings. The van der Waals surface area contributed by atoms with Gasteiger partial charge in [-0.3, -0.25) is 0 Å². The van der Waals surface area contributed by atoms with Crippen LogP contribution in [0.5, 0.6) is 0 Å². The number of nitrogens with one attached hydrogen (secondary N) is 1. The molecule has 92 valence electrons. The van der Waals surface area contributed by atoms with Crippen molar-refractivity contribution in [2.24, 2.45) is 5.41 Å². The van der Waals surface area contributed by atoms with Gasteiger partial charge in [0.15, 0.2) is 5.13 Å². The van der Waals surface area contributed by atoms with Gasteiger partial charge >= 0.3 is 0 Å². The van der Waals surface area contributed by atoms with E-state index in [1.807, 2.05) is 5.38 Å². The maximum atomic E-state index is 5.77. The van der Waals surface area contributed by atoms with Crippen LogP contribution in [0.4, 0.5) is 5.13 Å². The van der Waals surface area contributed by atoms with Crippen LogP contribution in [-0.2, 0) is 0 Å². The molecule has 1 aromatic rings. The van der Waals surface area contributed by atoms with Gasteiger partial charge < -0.3 is 5.32 Å². The summed E-state index contributed by atoms with van der Waals surface area (Å²) in [7, 11) is 0. The molecule has 1 heterocycles. The molecule has 1 aromatic heterocycles. The number of unbranched alkanes of at least 4 members (excludes halogenated alkanes) is 2. The maximum absolute atomic E-state index is 5.77. The van der Waals surface area contributed by atoms with Crippen LogP contribution < -0.4 is 5.32 Å². The van der Waals surface area contributed by atoms with E-state index in [4.69, 9.17) is 11.6 Å². The number of hydrogen-bond donors (Lipinski definition) is 1. The van der Waals surface area contributed by atoms with E-state index < -0.39 is 0 Å². The average molecular weight is 261 g/mol. The van der Waals surface area contributed by atoms with Gasteiger partial charge in [-0.15, -0.1) is 11.3 Å². The molecule has 1 rings (SSSR count). The zero-order valence-corrected chi connectivity index (χ0v) is 11.9. The first kappa shape index (κ1) is 13.8. The van der Waals surface area contributed by atoms with Crippen molar-refractivity contribution in [1.29, 1.82) is 0 Å². The van der Waals surface area contributed by atoms with Gasteiger partial charge in [0.2, 0.25) is 0 Å². The summed E-state index contributed by atoms with van der Waals surface area (Å²) in [6.07, 6.45) is 5.18. The molecule has 0 bridgehead atoms. The van der Waals surface area contributed by atoms with Crippen LogP contribution in [0.15, 0.2) is 5.38 Å². The molecule has 0 spiro atoms. The standard InChI is InChI=1S/C12H21ClN2S/c1-4-5-6-7-12(2,3)9-14-11-15-10(13)8-16-11/h8H,4-7,9H2,1-3H3,(H,14,15). The molecule has 1 N–H and O–H groups in total. The van der Waals surface area contributed by atoms with Crippen LogP contribution in [0.25, 0.3) is 0 Å². The summed E-state index contributed by atoms with van der Waals surface area (Å²) in [4.78, 5) is 4.18. The highest BCUT2D eigenvalue weighted by atomic mass is 35.5. The molecule has 0 saturated carbocycles. The second kappa shape index (κ2) is 6.45. The van der Waals surface area contributed by atoms with E-state index in [0.717, 1.165) is 11.7 Å². The van der Waals surface area contributed by atoms with Crippen molar-refractivity contribution in [2.45, 2.75) is 46.5 Å². The lowest BCUT2D eigenvalue weighted by Crippen LogP contribution is -2.22. The van der Waals surface area contributed by atoms with Crippen molar-refractivity contribution in [1.82, 2.24) is 4.98 Å². The van der Waals surface area contributed by atoms with Crippen molar-refractivity contribution in [3.8, 4) is 0 Å². The molecule has 4 heteroatoms. The Balaban J connectivity index is 2.29. The van der Waals surface area contributed by atoms with Crippen LogP contribution in [-0.4, -0.2) is 11.5 Å². The van der Waals surface area contributed by atoms with E-state index in [-0.39, 0.29) is 0 Å². The normalized spacial score (nSPS) is 11.8. The Kier molecular flexibility index (Phi) is 5.56. The van der Waals surface area contributed by atoms with Crippen molar-refractivity contribution >= 4 is 28.1 Å². The molecule has 2 nitrogen and oxygen atoms in total. The summed E-state index contributed by atoms with van der Waals surface area (Å²) in [6.45, 7) is 7.79. The molecule has 0 amide bonds. The number of rotatable bonds is 7. The van der Waals surface area contributed by atoms with Crippen LogP contribution in [0, 0.1) is 5.41 Å². The van der Waals surface area contributed by atoms with Gasteiger partial charge in [0.25, 0.3) is 0 Å². The minimum absolute atomic E-state index is 0.327. The van der Waals surface area contributed by atoms with E-state index in [1.54, 1.807) is 11.3 Å². The summed E-state index contributed by atoms with van der Waals surface area (Å²) in [5.41, 5.74) is 0.327. The summed E-state index contributed by atoms with van der Waals surface area (Å²) in [6, 6.07) is 0. The second-order valence-electron chi connectivity index (χ2n) is 4.95. The van der Waals surface area contributed by atoms with Crippen molar-refractivity contribution in [3.05, 3.63) is 10.5 Å². The lowest BCUT2D eigenvalue weighted by molar-refractivity contribution is 0.342. The second-order valence-corrected chi connectivity index (χ2v) is 6.20. The first-order chi connectivity index (χ1) is 7.53. The predicted octanol–water partition coefficient (Wildman–Crippen LogP) is 4.81. The summed E-state index contributed by atoms with van der Waals surface area (Å²) >= 11 is 7.34. The highest BCUT2D eigenvalue weighted by Crippen LogP contribution is 2.26. The Morgan fingerprint density at radius 1 is 1.44 bits per heavy atom. The number of aromatic nitrogens is 1. The lowest BCUT2D eigenvalue weighted by Gasteiger charge is -2.24. The van der Waals surface area contributed by atoms with Crippen molar-refractivity contribution in [2.75, 3.05) is 11.9 Å². The predicted molar refractivity (Wildman–Crippen MR) is 73.5 cm³/mol. The third-order valence-electron chi connectivity index (χ3n) is 2.65. The Bertz CT molecular complexity index is 310. The molecule has 16 heavy (non-hydrogen) atoms. The molecule has 0 aliphatic carbocycles. The SMILES string of the molecule is CCCCCC(C)(C)CNc1nc(Cl)cs1. The molecule has 0 saturated heterocycles. The molecule has 0 radical (unpaired) electrons. The van der Waals surface area contributed by atoms with Crippen molar-refractivity contribution < 1.29 is 0 Å². The number of halogens is 1. The van der Waals surface area contributed by atoms with Gasteiger partial charge in [0, 0.05) is 11.9 Å². The zero-order chi connectivity index (χ0) is 12.0. The highest BCUT2D eigenvalue weighted by Gasteiger charge is 2.17. The third kappa shape index (κ3) is 5.17. The fourth-order valence-electron chi connectivity index (χ4n) is 1.59. The highest BCUT2D eigenvalue weighted by molar-refractivity contribution is 7.14. The van der Waals surface area contributed by atoms with Gasteiger partial charge in [0.05, 0.1) is 0 Å². The first-order valence-corrected chi connectivity index (χ1v) is 7.14. The molecule has 0 aliphatic heterocycles. The quantitative estimate of drug-likeness (QED) is 0.712. The maximum Gasteiger partial charge on any atom is 0.184 e. The average Bonchev–Trinajstić information content (AvgIpc) is 2.62. The molecular formula is C12H21ClN2S. The van der Waals surface area contributed by atoms with Gasteiger partial charge in [0.1, 0.15) is 5.15 Å². The van der Waals surface area contributed by atoms with Crippen LogP contribution >= 0.6 is 22.9 Å². The molecule has 0 fully saturated rings. The number of nitrogens with zero attached hydrogens (tertiary/aromatic N) is 1. The molecule has 0 aromatic carbocycles. The molecule has 0 unspecified atom stereocenters. The Morgan fingerprint density at radius 3 is 2.75 bits per heavy atom. The first-order valence-electron chi connectivity index (χ1n) is 5.88. The van der Waals surface area contributed by atoms with Crippen molar-refractivity contribution in [3.63, 3.8) is 0 Å². The monoisotopic (exact) mass is 260 g/mol. The largest absolute Gasteiger partial charge is 0.361 e. The summed E-state index contributed by atoms with van der Waals surface area (Å²) < 4.78 is 0. The third-order valence-corrected chi connectivity index (χ3v) is 3.77. The smallest absolute Gasteiger partial charge is 0.184 e. The van der Waals surface area contributed by atoms with Gasteiger partial charge in [-0.25, -0.2) is 4.98 Å². The minimum Gasteiger partial charge on any atom is -0.361 e. The summed E-state index contributed by atoms with van der Waals surface area (Å²) in [5, 5.41) is 6.72. The van der Waals surface area contributed by atoms with E-state index in [0.29, 0.717) is 10.6 Å². The van der Waals surface area contributed by atoms with Crippen LogP contribution in [0.1, 0.15) is 46.5 Å². The van der Waals surface area contributed by atoms with Gasteiger partial charge in [-0.2, -0.15) is 0 Å². The van der Waals surface area contributed by atoms with Gasteiger partial charge in [-0.05, 0) is 11.8 Å². The Hall–Kier alpha value is -0.280. The van der Waals surface area contributed by atoms with E-state index in [2.05, 4.69) is 31.1 Å². The van der Waals surface area contributed by atoms with E-state index in [1.165, 1.54) is 25.7 Å². The number of anilines is 1. The molecule has 0 atom stereocenters. The summed E-state index contributed by atoms with van der Waals surface area (Å²) in [5.74, 6) is 0.